The topological polar surface area (TPSA) is 61.0 Å². The monoisotopic (exact) mass is 237 g/mol. The number of nitrogens with zero attached hydrogens (tertiary/aromatic N) is 3. The summed E-state index contributed by atoms with van der Waals surface area (Å²) in [6, 6.07) is 0. The van der Waals surface area contributed by atoms with Crippen LogP contribution in [0.4, 0.5) is 18.9 Å². The largest absolute Gasteiger partial charge is 0.390 e. The minimum atomic E-state index is -4.29. The van der Waals surface area contributed by atoms with Crippen LogP contribution in [0.3, 0.4) is 0 Å². The average Bonchev–Trinajstić information content (AvgIpc) is 2.36. The van der Waals surface area contributed by atoms with E-state index in [9.17, 15) is 23.3 Å². The van der Waals surface area contributed by atoms with Crippen LogP contribution < -0.4 is 0 Å². The van der Waals surface area contributed by atoms with Gasteiger partial charge in [-0.2, -0.15) is 18.3 Å². The summed E-state index contributed by atoms with van der Waals surface area (Å²) in [5.41, 5.74) is 0.0543. The zero-order chi connectivity index (χ0) is 12.5. The van der Waals surface area contributed by atoms with Crippen molar-refractivity contribution < 1.29 is 18.1 Å². The van der Waals surface area contributed by atoms with Gasteiger partial charge in [0.15, 0.2) is 0 Å². The van der Waals surface area contributed by atoms with Gasteiger partial charge in [0.2, 0.25) is 0 Å². The second-order valence-electron chi connectivity index (χ2n) is 3.36. The van der Waals surface area contributed by atoms with Crippen molar-refractivity contribution in [3.8, 4) is 0 Å². The van der Waals surface area contributed by atoms with E-state index >= 15 is 0 Å². The van der Waals surface area contributed by atoms with E-state index in [0.717, 1.165) is 4.68 Å². The number of hydrogen-bond acceptors (Lipinski definition) is 3. The van der Waals surface area contributed by atoms with E-state index in [2.05, 4.69) is 5.10 Å². The van der Waals surface area contributed by atoms with E-state index < -0.39 is 24.1 Å². The molecule has 0 aliphatic heterocycles. The van der Waals surface area contributed by atoms with Crippen LogP contribution in [-0.2, 0) is 6.54 Å². The van der Waals surface area contributed by atoms with Gasteiger partial charge in [-0.15, -0.1) is 0 Å². The van der Waals surface area contributed by atoms with Gasteiger partial charge in [-0.3, -0.25) is 14.8 Å². The summed E-state index contributed by atoms with van der Waals surface area (Å²) < 4.78 is 36.9. The van der Waals surface area contributed by atoms with E-state index in [1.54, 1.807) is 0 Å². The summed E-state index contributed by atoms with van der Waals surface area (Å²) in [7, 11) is 0. The van der Waals surface area contributed by atoms with Crippen molar-refractivity contribution in [1.29, 1.82) is 0 Å². The number of aryl methyl sites for hydroxylation is 2. The van der Waals surface area contributed by atoms with Crippen LogP contribution in [0.1, 0.15) is 17.8 Å². The van der Waals surface area contributed by atoms with Crippen molar-refractivity contribution in [1.82, 2.24) is 9.78 Å². The third kappa shape index (κ3) is 2.71. The molecule has 1 aromatic heterocycles. The molecule has 0 atom stereocenters. The molecule has 0 aromatic carbocycles. The Morgan fingerprint density at radius 2 is 2.00 bits per heavy atom. The van der Waals surface area contributed by atoms with Crippen molar-refractivity contribution in [2.24, 2.45) is 0 Å². The van der Waals surface area contributed by atoms with Gasteiger partial charge in [-0.25, -0.2) is 0 Å². The molecule has 0 aliphatic carbocycles. The minimum Gasteiger partial charge on any atom is -0.262 e. The van der Waals surface area contributed by atoms with Crippen LogP contribution in [0.15, 0.2) is 0 Å². The first-order valence-electron chi connectivity index (χ1n) is 4.47. The van der Waals surface area contributed by atoms with Crippen LogP contribution in [0.2, 0.25) is 0 Å². The predicted octanol–water partition coefficient (Wildman–Crippen LogP) is 2.36. The number of halogens is 3. The number of nitro groups is 1. The highest BCUT2D eigenvalue weighted by Gasteiger charge is 2.29. The molecule has 1 heterocycles. The molecule has 0 unspecified atom stereocenters. The van der Waals surface area contributed by atoms with Gasteiger partial charge in [-0.1, -0.05) is 0 Å². The Kier molecular flexibility index (Phi) is 3.20. The molecule has 16 heavy (non-hydrogen) atoms. The molecule has 0 amide bonds. The average molecular weight is 237 g/mol. The lowest BCUT2D eigenvalue weighted by atomic mass is 10.3. The standard InChI is InChI=1S/C8H10F3N3O2/c1-5-7(14(15)16)6(2)13(12-5)4-3-8(9,10)11/h3-4H2,1-2H3. The first-order valence-corrected chi connectivity index (χ1v) is 4.47. The van der Waals surface area contributed by atoms with Crippen molar-refractivity contribution in [3.63, 3.8) is 0 Å². The summed E-state index contributed by atoms with van der Waals surface area (Å²) in [4.78, 5) is 9.95. The van der Waals surface area contributed by atoms with Gasteiger partial charge in [0, 0.05) is 0 Å². The molecular weight excluding hydrogens is 227 g/mol. The van der Waals surface area contributed by atoms with Gasteiger partial charge in [-0.05, 0) is 13.8 Å². The van der Waals surface area contributed by atoms with Crippen molar-refractivity contribution >= 4 is 5.69 Å². The highest BCUT2D eigenvalue weighted by atomic mass is 19.4. The molecule has 0 spiro atoms. The fourth-order valence-corrected chi connectivity index (χ4v) is 1.40. The first kappa shape index (κ1) is 12.5. The lowest BCUT2D eigenvalue weighted by Gasteiger charge is -2.06. The van der Waals surface area contributed by atoms with E-state index in [-0.39, 0.29) is 17.1 Å². The van der Waals surface area contributed by atoms with E-state index in [1.165, 1.54) is 13.8 Å². The van der Waals surface area contributed by atoms with Crippen LogP contribution >= 0.6 is 0 Å². The Bertz CT molecular complexity index is 411. The summed E-state index contributed by atoms with van der Waals surface area (Å²) in [5.74, 6) is 0. The Morgan fingerprint density at radius 1 is 1.44 bits per heavy atom. The Balaban J connectivity index is 2.91. The lowest BCUT2D eigenvalue weighted by Crippen LogP contribution is -2.14. The molecule has 0 saturated carbocycles. The predicted molar refractivity (Wildman–Crippen MR) is 49.0 cm³/mol. The fourth-order valence-electron chi connectivity index (χ4n) is 1.40. The molecular formula is C8H10F3N3O2. The Labute approximate surface area is 89.0 Å². The quantitative estimate of drug-likeness (QED) is 0.598. The number of hydrogen-bond donors (Lipinski definition) is 0. The van der Waals surface area contributed by atoms with Crippen LogP contribution in [0.5, 0.6) is 0 Å². The van der Waals surface area contributed by atoms with Crippen LogP contribution in [0.25, 0.3) is 0 Å². The number of alkyl halides is 3. The fraction of sp³-hybridized carbons (Fsp3) is 0.625. The SMILES string of the molecule is Cc1nn(CCC(F)(F)F)c(C)c1[N+](=O)[O-]. The van der Waals surface area contributed by atoms with Crippen LogP contribution in [0, 0.1) is 24.0 Å². The number of rotatable bonds is 3. The van der Waals surface area contributed by atoms with E-state index in [4.69, 9.17) is 0 Å². The zero-order valence-corrected chi connectivity index (χ0v) is 8.71. The highest BCUT2D eigenvalue weighted by molar-refractivity contribution is 5.39. The lowest BCUT2D eigenvalue weighted by molar-refractivity contribution is -0.386. The molecule has 0 radical (unpaired) electrons. The maximum absolute atomic E-state index is 12.0. The Morgan fingerprint density at radius 3 is 2.38 bits per heavy atom. The third-order valence-corrected chi connectivity index (χ3v) is 2.13. The minimum absolute atomic E-state index is 0.129. The maximum Gasteiger partial charge on any atom is 0.390 e. The molecule has 0 aliphatic rings. The normalized spacial score (nSPS) is 11.8. The summed E-state index contributed by atoms with van der Waals surface area (Å²) in [6.45, 7) is 2.38. The molecule has 8 heteroatoms. The molecule has 5 nitrogen and oxygen atoms in total. The van der Waals surface area contributed by atoms with Gasteiger partial charge < -0.3 is 0 Å². The summed E-state index contributed by atoms with van der Waals surface area (Å²) in [6.07, 6.45) is -5.34. The van der Waals surface area contributed by atoms with Gasteiger partial charge >= 0.3 is 11.9 Å². The molecule has 0 N–H and O–H groups in total. The van der Waals surface area contributed by atoms with Crippen molar-refractivity contribution in [2.75, 3.05) is 0 Å². The van der Waals surface area contributed by atoms with E-state index in [0.29, 0.717) is 0 Å². The molecule has 0 saturated heterocycles. The summed E-state index contributed by atoms with van der Waals surface area (Å²) >= 11 is 0. The second-order valence-corrected chi connectivity index (χ2v) is 3.36. The maximum atomic E-state index is 12.0. The first-order chi connectivity index (χ1) is 7.22. The van der Waals surface area contributed by atoms with Gasteiger partial charge in [0.1, 0.15) is 11.4 Å². The van der Waals surface area contributed by atoms with Gasteiger partial charge in [0.05, 0.1) is 17.9 Å². The second kappa shape index (κ2) is 4.11. The van der Waals surface area contributed by atoms with E-state index in [1.807, 2.05) is 0 Å². The molecule has 90 valence electrons. The molecule has 0 fully saturated rings. The zero-order valence-electron chi connectivity index (χ0n) is 8.71. The highest BCUT2D eigenvalue weighted by Crippen LogP contribution is 2.25. The molecule has 1 aromatic rings. The van der Waals surface area contributed by atoms with Crippen LogP contribution in [-0.4, -0.2) is 20.9 Å². The Hall–Kier alpha value is -1.60. The molecule has 0 bridgehead atoms. The number of aromatic nitrogens is 2. The molecule has 1 rings (SSSR count). The third-order valence-electron chi connectivity index (χ3n) is 2.13. The van der Waals surface area contributed by atoms with Crippen molar-refractivity contribution in [2.45, 2.75) is 33.0 Å². The van der Waals surface area contributed by atoms with Gasteiger partial charge in [0.25, 0.3) is 0 Å². The van der Waals surface area contributed by atoms with Crippen molar-refractivity contribution in [3.05, 3.63) is 21.5 Å². The smallest absolute Gasteiger partial charge is 0.262 e. The summed E-state index contributed by atoms with van der Waals surface area (Å²) in [5, 5.41) is 14.3.